The molecule has 1 aromatic carbocycles. The molecular weight excluding hydrogens is 346 g/mol. The highest BCUT2D eigenvalue weighted by molar-refractivity contribution is 7.98. The largest absolute Gasteiger partial charge is 0.320 e. The smallest absolute Gasteiger partial charge is 0.278 e. The molecule has 0 radical (unpaired) electrons. The summed E-state index contributed by atoms with van der Waals surface area (Å²) in [4.78, 5) is 17.7. The summed E-state index contributed by atoms with van der Waals surface area (Å²) >= 11 is 7.65. The second kappa shape index (κ2) is 5.92. The van der Waals surface area contributed by atoms with E-state index in [0.29, 0.717) is 22.2 Å². The number of rotatable bonds is 2. The van der Waals surface area contributed by atoms with E-state index in [4.69, 9.17) is 11.6 Å². The summed E-state index contributed by atoms with van der Waals surface area (Å²) < 4.78 is 1.70. The van der Waals surface area contributed by atoms with E-state index >= 15 is 0 Å². The minimum absolute atomic E-state index is 0.278. The van der Waals surface area contributed by atoms with Crippen molar-refractivity contribution in [3.63, 3.8) is 0 Å². The first-order valence-electron chi connectivity index (χ1n) is 7.23. The lowest BCUT2D eigenvalue weighted by molar-refractivity contribution is 0.102. The van der Waals surface area contributed by atoms with Crippen LogP contribution in [-0.4, -0.2) is 25.9 Å². The minimum Gasteiger partial charge on any atom is -0.320 e. The molecule has 0 atom stereocenters. The van der Waals surface area contributed by atoms with Crippen LogP contribution < -0.4 is 5.32 Å². The number of aryl methyl sites for hydroxylation is 1. The number of nitrogens with one attached hydrogen (secondary N) is 1. The Morgan fingerprint density at radius 3 is 3.04 bits per heavy atom. The number of anilines is 1. The van der Waals surface area contributed by atoms with Crippen LogP contribution in [0, 0.1) is 6.92 Å². The molecule has 0 bridgehead atoms. The Hall–Kier alpha value is -2.38. The molecule has 0 saturated heterocycles. The van der Waals surface area contributed by atoms with Crippen molar-refractivity contribution in [1.29, 1.82) is 0 Å². The molecule has 120 valence electrons. The molecule has 2 aromatic heterocycles. The number of pyridine rings is 1. The summed E-state index contributed by atoms with van der Waals surface area (Å²) in [6, 6.07) is 9.13. The highest BCUT2D eigenvalue weighted by Crippen LogP contribution is 2.36. The summed E-state index contributed by atoms with van der Waals surface area (Å²) in [6.45, 7) is 1.87. The third-order valence-electron chi connectivity index (χ3n) is 3.65. The van der Waals surface area contributed by atoms with Crippen molar-refractivity contribution < 1.29 is 4.79 Å². The molecule has 0 fully saturated rings. The fourth-order valence-corrected chi connectivity index (χ4v) is 3.84. The van der Waals surface area contributed by atoms with Gasteiger partial charge in [0.25, 0.3) is 5.91 Å². The van der Waals surface area contributed by atoms with E-state index in [0.717, 1.165) is 22.0 Å². The first-order valence-corrected chi connectivity index (χ1v) is 8.59. The third kappa shape index (κ3) is 2.65. The maximum atomic E-state index is 12.5. The van der Waals surface area contributed by atoms with Crippen LogP contribution in [0.25, 0.3) is 5.69 Å². The van der Waals surface area contributed by atoms with Crippen molar-refractivity contribution in [1.82, 2.24) is 20.0 Å². The van der Waals surface area contributed by atoms with E-state index in [-0.39, 0.29) is 5.91 Å². The summed E-state index contributed by atoms with van der Waals surface area (Å²) in [5.74, 6) is 0.332. The van der Waals surface area contributed by atoms with Crippen LogP contribution in [0.3, 0.4) is 0 Å². The van der Waals surface area contributed by atoms with Gasteiger partial charge in [0.15, 0.2) is 5.69 Å². The minimum atomic E-state index is -0.278. The Morgan fingerprint density at radius 2 is 2.21 bits per heavy atom. The first-order chi connectivity index (χ1) is 11.6. The van der Waals surface area contributed by atoms with E-state index in [2.05, 4.69) is 20.6 Å². The molecule has 1 aliphatic rings. The number of carbonyl (C=O) groups excluding carboxylic acids is 1. The van der Waals surface area contributed by atoms with Gasteiger partial charge in [-0.15, -0.1) is 16.9 Å². The fraction of sp³-hybridized carbons (Fsp3) is 0.125. The maximum absolute atomic E-state index is 12.5. The molecule has 0 aliphatic carbocycles. The zero-order valence-corrected chi connectivity index (χ0v) is 14.2. The molecule has 0 unspecified atom stereocenters. The Labute approximate surface area is 147 Å². The van der Waals surface area contributed by atoms with Crippen LogP contribution in [0.2, 0.25) is 5.02 Å². The average Bonchev–Trinajstić information content (AvgIpc) is 2.99. The van der Waals surface area contributed by atoms with Gasteiger partial charge in [0.05, 0.1) is 11.4 Å². The van der Waals surface area contributed by atoms with Crippen LogP contribution in [0.1, 0.15) is 21.9 Å². The molecule has 24 heavy (non-hydrogen) atoms. The van der Waals surface area contributed by atoms with Gasteiger partial charge in [-0.1, -0.05) is 16.8 Å². The van der Waals surface area contributed by atoms with Crippen LogP contribution in [-0.2, 0) is 5.75 Å². The normalized spacial score (nSPS) is 12.4. The second-order valence-corrected chi connectivity index (χ2v) is 6.79. The molecule has 0 spiro atoms. The number of amides is 1. The molecule has 8 heteroatoms. The molecular formula is C16H12ClN5OS. The number of hydrogen-bond donors (Lipinski definition) is 1. The van der Waals surface area contributed by atoms with Crippen molar-refractivity contribution >= 4 is 35.0 Å². The topological polar surface area (TPSA) is 72.7 Å². The number of nitrogens with zero attached hydrogens (tertiary/aromatic N) is 4. The van der Waals surface area contributed by atoms with Crippen LogP contribution >= 0.6 is 23.4 Å². The van der Waals surface area contributed by atoms with Gasteiger partial charge in [-0.2, -0.15) is 0 Å². The lowest BCUT2D eigenvalue weighted by Gasteiger charge is -2.17. The number of halogens is 1. The third-order valence-corrected chi connectivity index (χ3v) is 4.94. The molecule has 4 rings (SSSR count). The summed E-state index contributed by atoms with van der Waals surface area (Å²) in [5.41, 5.74) is 3.51. The predicted molar refractivity (Wildman–Crippen MR) is 92.9 cm³/mol. The number of aromatic nitrogens is 4. The molecule has 3 heterocycles. The Kier molecular flexibility index (Phi) is 3.74. The van der Waals surface area contributed by atoms with Crippen molar-refractivity contribution in [2.24, 2.45) is 0 Å². The molecule has 1 N–H and O–H groups in total. The van der Waals surface area contributed by atoms with Gasteiger partial charge in [-0.25, -0.2) is 4.68 Å². The van der Waals surface area contributed by atoms with E-state index in [1.54, 1.807) is 40.8 Å². The SMILES string of the molecule is Cc1cc(NC(=O)c2nnn3c2CSc2cc(Cl)ccc2-3)ccn1. The highest BCUT2D eigenvalue weighted by atomic mass is 35.5. The first kappa shape index (κ1) is 15.2. The van der Waals surface area contributed by atoms with Crippen molar-refractivity contribution in [2.75, 3.05) is 5.32 Å². The van der Waals surface area contributed by atoms with Gasteiger partial charge in [-0.3, -0.25) is 9.78 Å². The summed E-state index contributed by atoms with van der Waals surface area (Å²) in [6.07, 6.45) is 1.65. The molecule has 0 saturated carbocycles. The quantitative estimate of drug-likeness (QED) is 0.760. The second-order valence-electron chi connectivity index (χ2n) is 5.34. The van der Waals surface area contributed by atoms with Gasteiger partial charge < -0.3 is 5.32 Å². The van der Waals surface area contributed by atoms with E-state index < -0.39 is 0 Å². The van der Waals surface area contributed by atoms with Gasteiger partial charge in [0.2, 0.25) is 0 Å². The zero-order chi connectivity index (χ0) is 16.7. The zero-order valence-electron chi connectivity index (χ0n) is 12.7. The molecule has 1 aliphatic heterocycles. The van der Waals surface area contributed by atoms with Crippen molar-refractivity contribution in [3.05, 3.63) is 58.6 Å². The monoisotopic (exact) mass is 357 g/mol. The average molecular weight is 358 g/mol. The molecule has 6 nitrogen and oxygen atoms in total. The van der Waals surface area contributed by atoms with E-state index in [1.165, 1.54) is 0 Å². The Bertz CT molecular complexity index is 955. The number of carbonyl (C=O) groups is 1. The Balaban J connectivity index is 1.67. The predicted octanol–water partition coefficient (Wildman–Crippen LogP) is 3.48. The number of hydrogen-bond acceptors (Lipinski definition) is 5. The highest BCUT2D eigenvalue weighted by Gasteiger charge is 2.25. The van der Waals surface area contributed by atoms with Gasteiger partial charge >= 0.3 is 0 Å². The Morgan fingerprint density at radius 1 is 1.33 bits per heavy atom. The van der Waals surface area contributed by atoms with E-state index in [1.807, 2.05) is 19.1 Å². The van der Waals surface area contributed by atoms with Crippen LogP contribution in [0.5, 0.6) is 0 Å². The van der Waals surface area contributed by atoms with Gasteiger partial charge in [-0.05, 0) is 37.3 Å². The number of thioether (sulfide) groups is 1. The molecule has 1 amide bonds. The fourth-order valence-electron chi connectivity index (χ4n) is 2.54. The number of fused-ring (bicyclic) bond motifs is 3. The van der Waals surface area contributed by atoms with Gasteiger partial charge in [0.1, 0.15) is 0 Å². The van der Waals surface area contributed by atoms with Gasteiger partial charge in [0, 0.05) is 33.2 Å². The summed E-state index contributed by atoms with van der Waals surface area (Å²) in [7, 11) is 0. The maximum Gasteiger partial charge on any atom is 0.278 e. The van der Waals surface area contributed by atoms with Crippen LogP contribution in [0.15, 0.2) is 41.4 Å². The van der Waals surface area contributed by atoms with E-state index in [9.17, 15) is 4.79 Å². The van der Waals surface area contributed by atoms with Crippen molar-refractivity contribution in [3.8, 4) is 5.69 Å². The lowest BCUT2D eigenvalue weighted by Crippen LogP contribution is -2.16. The summed E-state index contributed by atoms with van der Waals surface area (Å²) in [5, 5.41) is 11.7. The van der Waals surface area contributed by atoms with Crippen LogP contribution in [0.4, 0.5) is 5.69 Å². The molecule has 3 aromatic rings. The lowest BCUT2D eigenvalue weighted by atomic mass is 10.2. The number of benzene rings is 1. The standard InChI is InChI=1S/C16H12ClN5OS/c1-9-6-11(4-5-18-9)19-16(23)15-13-8-24-14-7-10(17)2-3-12(14)22(13)21-20-15/h2-7H,8H2,1H3,(H,18,19,23). The van der Waals surface area contributed by atoms with Crippen molar-refractivity contribution in [2.45, 2.75) is 17.6 Å².